The summed E-state index contributed by atoms with van der Waals surface area (Å²) >= 11 is 1.20. The first kappa shape index (κ1) is 22.4. The number of thiazole rings is 1. The summed E-state index contributed by atoms with van der Waals surface area (Å²) in [4.78, 5) is 41.5. The van der Waals surface area contributed by atoms with E-state index < -0.39 is 17.9 Å². The molecule has 0 saturated heterocycles. The zero-order valence-corrected chi connectivity index (χ0v) is 18.5. The lowest BCUT2D eigenvalue weighted by Gasteiger charge is -2.13. The van der Waals surface area contributed by atoms with E-state index in [-0.39, 0.29) is 5.91 Å². The van der Waals surface area contributed by atoms with Gasteiger partial charge in [-0.25, -0.2) is 4.79 Å². The van der Waals surface area contributed by atoms with Gasteiger partial charge in [0.15, 0.2) is 4.80 Å². The number of aromatic nitrogens is 1. The molecule has 8 heteroatoms. The van der Waals surface area contributed by atoms with Gasteiger partial charge in [-0.15, -0.1) is 0 Å². The second kappa shape index (κ2) is 9.70. The van der Waals surface area contributed by atoms with E-state index in [2.05, 4.69) is 10.3 Å². The largest absolute Gasteiger partial charge is 0.480 e. The van der Waals surface area contributed by atoms with Crippen LogP contribution in [0.5, 0.6) is 0 Å². The van der Waals surface area contributed by atoms with Gasteiger partial charge in [-0.3, -0.25) is 9.59 Å². The molecule has 3 aromatic rings. The molecule has 0 aliphatic carbocycles. The first-order valence-electron chi connectivity index (χ1n) is 10.2. The zero-order valence-electron chi connectivity index (χ0n) is 17.7. The predicted octanol–water partition coefficient (Wildman–Crippen LogP) is 3.93. The van der Waals surface area contributed by atoms with Crippen LogP contribution in [0.3, 0.4) is 0 Å². The molecule has 0 radical (unpaired) electrons. The third-order valence-corrected chi connectivity index (χ3v) is 5.92. The molecule has 162 valence electrons. The van der Waals surface area contributed by atoms with Crippen LogP contribution in [0.1, 0.15) is 59.0 Å². The van der Waals surface area contributed by atoms with Gasteiger partial charge in [-0.05, 0) is 50.1 Å². The zero-order chi connectivity index (χ0) is 22.5. The fourth-order valence-corrected chi connectivity index (χ4v) is 4.33. The Hall–Kier alpha value is -3.26. The lowest BCUT2D eigenvalue weighted by molar-refractivity contribution is -0.140. The summed E-state index contributed by atoms with van der Waals surface area (Å²) in [5.74, 6) is -1.64. The SMILES string of the molecule is CCCNC(=O)c1ccc2c(c1)s/c(=N\C(=O)c1ccc(C)cc1)n2C(CC)C(=O)O. The molecule has 2 aromatic carbocycles. The van der Waals surface area contributed by atoms with E-state index in [0.29, 0.717) is 39.1 Å². The van der Waals surface area contributed by atoms with Crippen LogP contribution in [-0.2, 0) is 4.79 Å². The predicted molar refractivity (Wildman–Crippen MR) is 120 cm³/mol. The maximum atomic E-state index is 12.7. The molecule has 0 spiro atoms. The molecule has 7 nitrogen and oxygen atoms in total. The van der Waals surface area contributed by atoms with Crippen molar-refractivity contribution in [1.82, 2.24) is 9.88 Å². The Morgan fingerprint density at radius 3 is 2.39 bits per heavy atom. The van der Waals surface area contributed by atoms with Crippen LogP contribution in [-0.4, -0.2) is 34.0 Å². The Bertz CT molecular complexity index is 1190. The Morgan fingerprint density at radius 1 is 1.10 bits per heavy atom. The number of amides is 2. The lowest BCUT2D eigenvalue weighted by atomic mass is 10.1. The molecule has 2 N–H and O–H groups in total. The highest BCUT2D eigenvalue weighted by molar-refractivity contribution is 7.16. The number of hydrogen-bond acceptors (Lipinski definition) is 4. The third kappa shape index (κ3) is 4.91. The Labute approximate surface area is 184 Å². The summed E-state index contributed by atoms with van der Waals surface area (Å²) in [6, 6.07) is 11.3. The van der Waals surface area contributed by atoms with Crippen molar-refractivity contribution in [1.29, 1.82) is 0 Å². The first-order chi connectivity index (χ1) is 14.8. The Balaban J connectivity index is 2.15. The molecule has 1 unspecified atom stereocenters. The van der Waals surface area contributed by atoms with Crippen LogP contribution in [0.2, 0.25) is 0 Å². The van der Waals surface area contributed by atoms with Crippen molar-refractivity contribution < 1.29 is 19.5 Å². The van der Waals surface area contributed by atoms with Crippen molar-refractivity contribution in [2.45, 2.75) is 39.7 Å². The van der Waals surface area contributed by atoms with Gasteiger partial charge in [0.05, 0.1) is 10.2 Å². The monoisotopic (exact) mass is 439 g/mol. The van der Waals surface area contributed by atoms with E-state index in [0.717, 1.165) is 12.0 Å². The summed E-state index contributed by atoms with van der Waals surface area (Å²) in [6.07, 6.45) is 1.15. The number of hydrogen-bond donors (Lipinski definition) is 2. The van der Waals surface area contributed by atoms with Gasteiger partial charge < -0.3 is 15.0 Å². The van der Waals surface area contributed by atoms with E-state index in [9.17, 15) is 19.5 Å². The number of nitrogens with one attached hydrogen (secondary N) is 1. The highest BCUT2D eigenvalue weighted by Gasteiger charge is 2.22. The van der Waals surface area contributed by atoms with Crippen LogP contribution < -0.4 is 10.1 Å². The second-order valence-corrected chi connectivity index (χ2v) is 8.25. The number of fused-ring (bicyclic) bond motifs is 1. The molecule has 0 fully saturated rings. The summed E-state index contributed by atoms with van der Waals surface area (Å²) in [5, 5.41) is 12.6. The van der Waals surface area contributed by atoms with E-state index in [1.54, 1.807) is 41.8 Å². The minimum atomic E-state index is -1.00. The minimum absolute atomic E-state index is 0.191. The maximum Gasteiger partial charge on any atom is 0.326 e. The number of carboxylic acid groups (broad SMARTS) is 1. The van der Waals surface area contributed by atoms with Crippen LogP contribution in [0.25, 0.3) is 10.2 Å². The molecule has 2 amide bonds. The number of aliphatic carboxylic acids is 1. The molecular weight excluding hydrogens is 414 g/mol. The molecule has 1 atom stereocenters. The average Bonchev–Trinajstić information content (AvgIpc) is 3.09. The number of carbonyl (C=O) groups is 3. The van der Waals surface area contributed by atoms with Crippen molar-refractivity contribution >= 4 is 39.3 Å². The van der Waals surface area contributed by atoms with Gasteiger partial charge in [-0.2, -0.15) is 4.99 Å². The molecule has 0 saturated carbocycles. The standard InChI is InChI=1S/C23H25N3O4S/c1-4-12-24-20(27)16-10-11-18-19(13-16)31-23(26(18)17(5-2)22(29)30)25-21(28)15-8-6-14(3)7-9-15/h6-11,13,17H,4-5,12H2,1-3H3,(H,24,27)(H,29,30)/b25-23-. The number of rotatable bonds is 7. The van der Waals surface area contributed by atoms with Crippen molar-refractivity contribution in [2.24, 2.45) is 4.99 Å². The van der Waals surface area contributed by atoms with E-state index in [1.807, 2.05) is 26.0 Å². The van der Waals surface area contributed by atoms with Gasteiger partial charge >= 0.3 is 5.97 Å². The number of carboxylic acids is 1. The van der Waals surface area contributed by atoms with E-state index in [4.69, 9.17) is 0 Å². The minimum Gasteiger partial charge on any atom is -0.480 e. The molecule has 0 aliphatic rings. The van der Waals surface area contributed by atoms with Crippen molar-refractivity contribution in [3.05, 3.63) is 64.0 Å². The van der Waals surface area contributed by atoms with Crippen LogP contribution in [0.15, 0.2) is 47.5 Å². The molecule has 1 aromatic heterocycles. The Kier molecular flexibility index (Phi) is 7.02. The lowest BCUT2D eigenvalue weighted by Crippen LogP contribution is -2.27. The second-order valence-electron chi connectivity index (χ2n) is 7.24. The van der Waals surface area contributed by atoms with Crippen molar-refractivity contribution in [3.8, 4) is 0 Å². The summed E-state index contributed by atoms with van der Waals surface area (Å²) in [6.45, 7) is 6.25. The number of nitrogens with zero attached hydrogens (tertiary/aromatic N) is 2. The fourth-order valence-electron chi connectivity index (χ4n) is 3.22. The molecular formula is C23H25N3O4S. The molecule has 0 aliphatic heterocycles. The number of carbonyl (C=O) groups excluding carboxylic acids is 2. The Morgan fingerprint density at radius 2 is 1.77 bits per heavy atom. The smallest absolute Gasteiger partial charge is 0.326 e. The normalized spacial score (nSPS) is 12.7. The van der Waals surface area contributed by atoms with E-state index in [1.165, 1.54) is 11.3 Å². The van der Waals surface area contributed by atoms with Gasteiger partial charge in [0, 0.05) is 17.7 Å². The van der Waals surface area contributed by atoms with Crippen LogP contribution in [0.4, 0.5) is 0 Å². The van der Waals surface area contributed by atoms with Gasteiger partial charge in [0.1, 0.15) is 6.04 Å². The third-order valence-electron chi connectivity index (χ3n) is 4.90. The highest BCUT2D eigenvalue weighted by atomic mass is 32.1. The summed E-state index contributed by atoms with van der Waals surface area (Å²) in [7, 11) is 0. The number of benzene rings is 2. The maximum absolute atomic E-state index is 12.7. The van der Waals surface area contributed by atoms with Crippen molar-refractivity contribution in [2.75, 3.05) is 6.54 Å². The van der Waals surface area contributed by atoms with Crippen LogP contribution >= 0.6 is 11.3 Å². The quantitative estimate of drug-likeness (QED) is 0.582. The van der Waals surface area contributed by atoms with Gasteiger partial charge in [0.2, 0.25) is 0 Å². The van der Waals surface area contributed by atoms with Crippen LogP contribution in [0, 0.1) is 6.92 Å². The van der Waals surface area contributed by atoms with Gasteiger partial charge in [0.25, 0.3) is 11.8 Å². The summed E-state index contributed by atoms with van der Waals surface area (Å²) < 4.78 is 2.27. The molecule has 0 bridgehead atoms. The van der Waals surface area contributed by atoms with E-state index >= 15 is 0 Å². The van der Waals surface area contributed by atoms with Crippen molar-refractivity contribution in [3.63, 3.8) is 0 Å². The first-order valence-corrected chi connectivity index (χ1v) is 11.0. The molecule has 3 rings (SSSR count). The molecule has 31 heavy (non-hydrogen) atoms. The van der Waals surface area contributed by atoms with Gasteiger partial charge in [-0.1, -0.05) is 42.9 Å². The fraction of sp³-hybridized carbons (Fsp3) is 0.304. The average molecular weight is 440 g/mol. The number of aryl methyl sites for hydroxylation is 1. The molecule has 1 heterocycles. The summed E-state index contributed by atoms with van der Waals surface area (Å²) in [5.41, 5.74) is 2.56. The topological polar surface area (TPSA) is 101 Å². The highest BCUT2D eigenvalue weighted by Crippen LogP contribution is 2.24.